The number of carbonyl (C=O) groups is 2. The normalized spacial score (nSPS) is 11.2. The molecule has 3 rings (SSSR count). The zero-order valence-corrected chi connectivity index (χ0v) is 15.0. The van der Waals surface area contributed by atoms with E-state index in [1.54, 1.807) is 0 Å². The number of alkyl halides is 3. The first-order valence-corrected chi connectivity index (χ1v) is 8.40. The molecule has 2 aromatic carbocycles. The van der Waals surface area contributed by atoms with Crippen molar-refractivity contribution in [3.63, 3.8) is 0 Å². The zero-order valence-electron chi connectivity index (χ0n) is 15.0. The van der Waals surface area contributed by atoms with Gasteiger partial charge in [-0.2, -0.15) is 13.2 Å². The molecule has 1 amide bonds. The maximum Gasteiger partial charge on any atom is 0.416 e. The monoisotopic (exact) mass is 402 g/mol. The van der Waals surface area contributed by atoms with Crippen LogP contribution in [0.15, 0.2) is 60.8 Å². The van der Waals surface area contributed by atoms with Crippen molar-refractivity contribution < 1.29 is 27.2 Å². The van der Waals surface area contributed by atoms with E-state index in [2.05, 4.69) is 10.3 Å². The standard InChI is InChI=1S/C21H14F4N2O2/c1-12(28)17-11-16(5-6-18(17)22)27-20(29)19-10-14(7-8-26-19)13-3-2-4-15(9-13)21(23,24)25/h2-11H,1H3,(H,27,29). The molecule has 1 heterocycles. The van der Waals surface area contributed by atoms with Crippen LogP contribution >= 0.6 is 0 Å². The van der Waals surface area contributed by atoms with Gasteiger partial charge in [0.15, 0.2) is 5.78 Å². The van der Waals surface area contributed by atoms with Crippen molar-refractivity contribution in [2.24, 2.45) is 0 Å². The lowest BCUT2D eigenvalue weighted by molar-refractivity contribution is -0.137. The van der Waals surface area contributed by atoms with Crippen LogP contribution in [0.3, 0.4) is 0 Å². The molecular formula is C21H14F4N2O2. The average Bonchev–Trinajstić information content (AvgIpc) is 2.69. The lowest BCUT2D eigenvalue weighted by atomic mass is 10.0. The van der Waals surface area contributed by atoms with Crippen molar-refractivity contribution in [1.82, 2.24) is 4.98 Å². The fourth-order valence-corrected chi connectivity index (χ4v) is 2.68. The smallest absolute Gasteiger partial charge is 0.321 e. The van der Waals surface area contributed by atoms with Gasteiger partial charge in [-0.1, -0.05) is 12.1 Å². The molecule has 0 unspecified atom stereocenters. The Labute approximate surface area is 163 Å². The Hall–Kier alpha value is -3.55. The molecule has 1 aromatic heterocycles. The second-order valence-corrected chi connectivity index (χ2v) is 6.21. The Balaban J connectivity index is 1.87. The van der Waals surface area contributed by atoms with Gasteiger partial charge < -0.3 is 5.32 Å². The summed E-state index contributed by atoms with van der Waals surface area (Å²) in [7, 11) is 0. The number of carbonyl (C=O) groups excluding carboxylic acids is 2. The molecule has 29 heavy (non-hydrogen) atoms. The van der Waals surface area contributed by atoms with Gasteiger partial charge in [0.05, 0.1) is 11.1 Å². The number of pyridine rings is 1. The van der Waals surface area contributed by atoms with Crippen LogP contribution in [0.2, 0.25) is 0 Å². The van der Waals surface area contributed by atoms with Crippen LogP contribution in [0.5, 0.6) is 0 Å². The summed E-state index contributed by atoms with van der Waals surface area (Å²) in [6.07, 6.45) is -3.18. The first-order valence-electron chi connectivity index (χ1n) is 8.40. The molecule has 148 valence electrons. The molecule has 0 bridgehead atoms. The molecule has 0 aliphatic rings. The quantitative estimate of drug-likeness (QED) is 0.472. The first-order chi connectivity index (χ1) is 13.6. The van der Waals surface area contributed by atoms with Gasteiger partial charge in [-0.05, 0) is 60.5 Å². The number of Topliss-reactive ketones (excluding diaryl/α,β-unsaturated/α-hetero) is 1. The van der Waals surface area contributed by atoms with Crippen molar-refractivity contribution in [3.05, 3.63) is 83.4 Å². The molecular weight excluding hydrogens is 388 g/mol. The zero-order chi connectivity index (χ0) is 21.2. The fraction of sp³-hybridized carbons (Fsp3) is 0.0952. The summed E-state index contributed by atoms with van der Waals surface area (Å²) in [6.45, 7) is 1.20. The number of hydrogen-bond donors (Lipinski definition) is 1. The van der Waals surface area contributed by atoms with E-state index in [9.17, 15) is 27.2 Å². The minimum atomic E-state index is -4.49. The minimum Gasteiger partial charge on any atom is -0.321 e. The van der Waals surface area contributed by atoms with Crippen molar-refractivity contribution in [1.29, 1.82) is 0 Å². The van der Waals surface area contributed by atoms with Gasteiger partial charge in [0, 0.05) is 11.9 Å². The van der Waals surface area contributed by atoms with Crippen LogP contribution in [-0.4, -0.2) is 16.7 Å². The summed E-state index contributed by atoms with van der Waals surface area (Å²) in [6, 6.07) is 11.1. The van der Waals surface area contributed by atoms with Crippen LogP contribution in [0.4, 0.5) is 23.2 Å². The summed E-state index contributed by atoms with van der Waals surface area (Å²) in [5, 5.41) is 2.49. The second-order valence-electron chi connectivity index (χ2n) is 6.21. The highest BCUT2D eigenvalue weighted by Gasteiger charge is 2.30. The Kier molecular flexibility index (Phi) is 5.45. The van der Waals surface area contributed by atoms with Crippen molar-refractivity contribution >= 4 is 17.4 Å². The fourth-order valence-electron chi connectivity index (χ4n) is 2.68. The highest BCUT2D eigenvalue weighted by atomic mass is 19.4. The van der Waals surface area contributed by atoms with E-state index in [-0.39, 0.29) is 22.5 Å². The molecule has 0 aliphatic heterocycles. The largest absolute Gasteiger partial charge is 0.416 e. The lowest BCUT2D eigenvalue weighted by Gasteiger charge is -2.10. The second kappa shape index (κ2) is 7.83. The predicted molar refractivity (Wildman–Crippen MR) is 99.0 cm³/mol. The SMILES string of the molecule is CC(=O)c1cc(NC(=O)c2cc(-c3cccc(C(F)(F)F)c3)ccn2)ccc1F. The van der Waals surface area contributed by atoms with E-state index in [1.165, 1.54) is 49.5 Å². The van der Waals surface area contributed by atoms with Crippen LogP contribution < -0.4 is 5.32 Å². The number of nitrogens with one attached hydrogen (secondary N) is 1. The number of aromatic nitrogens is 1. The maximum atomic E-state index is 13.6. The van der Waals surface area contributed by atoms with Crippen molar-refractivity contribution in [2.75, 3.05) is 5.32 Å². The maximum absolute atomic E-state index is 13.6. The van der Waals surface area contributed by atoms with Gasteiger partial charge >= 0.3 is 6.18 Å². The molecule has 4 nitrogen and oxygen atoms in total. The summed E-state index contributed by atoms with van der Waals surface area (Å²) in [4.78, 5) is 27.8. The van der Waals surface area contributed by atoms with Gasteiger partial charge in [0.1, 0.15) is 11.5 Å². The lowest BCUT2D eigenvalue weighted by Crippen LogP contribution is -2.14. The third-order valence-corrected chi connectivity index (χ3v) is 4.12. The summed E-state index contributed by atoms with van der Waals surface area (Å²) in [5.41, 5.74) is -0.187. The summed E-state index contributed by atoms with van der Waals surface area (Å²) < 4.78 is 52.4. The highest BCUT2D eigenvalue weighted by molar-refractivity contribution is 6.04. The van der Waals surface area contributed by atoms with E-state index in [0.717, 1.165) is 18.2 Å². The molecule has 0 fully saturated rings. The van der Waals surface area contributed by atoms with Crippen LogP contribution in [0, 0.1) is 5.82 Å². The number of rotatable bonds is 4. The Morgan fingerprint density at radius 1 is 0.966 bits per heavy atom. The molecule has 0 saturated heterocycles. The molecule has 1 N–H and O–H groups in total. The van der Waals surface area contributed by atoms with E-state index >= 15 is 0 Å². The number of amides is 1. The van der Waals surface area contributed by atoms with Gasteiger partial charge in [0.25, 0.3) is 5.91 Å². The van der Waals surface area contributed by atoms with Crippen LogP contribution in [0.25, 0.3) is 11.1 Å². The minimum absolute atomic E-state index is 0.0476. The predicted octanol–water partition coefficient (Wildman–Crippen LogP) is 5.36. The van der Waals surface area contributed by atoms with Crippen molar-refractivity contribution in [3.8, 4) is 11.1 Å². The molecule has 0 spiro atoms. The number of ketones is 1. The Bertz CT molecular complexity index is 1090. The van der Waals surface area contributed by atoms with E-state index in [4.69, 9.17) is 0 Å². The third-order valence-electron chi connectivity index (χ3n) is 4.12. The molecule has 0 aliphatic carbocycles. The first kappa shape index (κ1) is 20.2. The van der Waals surface area contributed by atoms with E-state index < -0.39 is 29.2 Å². The molecule has 3 aromatic rings. The average molecular weight is 402 g/mol. The topological polar surface area (TPSA) is 59.1 Å². The van der Waals surface area contributed by atoms with Crippen LogP contribution in [0.1, 0.15) is 33.3 Å². The molecule has 0 radical (unpaired) electrons. The van der Waals surface area contributed by atoms with E-state index in [1.807, 2.05) is 0 Å². The Morgan fingerprint density at radius 3 is 2.38 bits per heavy atom. The summed E-state index contributed by atoms with van der Waals surface area (Å²) in [5.74, 6) is -1.86. The van der Waals surface area contributed by atoms with Gasteiger partial charge in [-0.3, -0.25) is 14.6 Å². The van der Waals surface area contributed by atoms with Crippen molar-refractivity contribution in [2.45, 2.75) is 13.1 Å². The third kappa shape index (κ3) is 4.66. The molecule has 0 saturated carbocycles. The number of anilines is 1. The number of benzene rings is 2. The van der Waals surface area contributed by atoms with E-state index in [0.29, 0.717) is 5.56 Å². The van der Waals surface area contributed by atoms with Gasteiger partial charge in [-0.15, -0.1) is 0 Å². The number of halogens is 4. The summed E-state index contributed by atoms with van der Waals surface area (Å²) >= 11 is 0. The molecule has 0 atom stereocenters. The van der Waals surface area contributed by atoms with Gasteiger partial charge in [-0.25, -0.2) is 4.39 Å². The van der Waals surface area contributed by atoms with Crippen LogP contribution in [-0.2, 0) is 6.18 Å². The number of hydrogen-bond acceptors (Lipinski definition) is 3. The Morgan fingerprint density at radius 2 is 1.69 bits per heavy atom. The highest BCUT2D eigenvalue weighted by Crippen LogP contribution is 2.32. The van der Waals surface area contributed by atoms with Gasteiger partial charge in [0.2, 0.25) is 0 Å². The molecule has 8 heteroatoms. The number of nitrogens with zero attached hydrogens (tertiary/aromatic N) is 1.